The molecule has 1 rings (SSSR count). The first-order chi connectivity index (χ1) is 7.88. The molecule has 1 nitrogen and oxygen atoms in total. The Morgan fingerprint density at radius 1 is 1.00 bits per heavy atom. The minimum Gasteiger partial charge on any atom is -0.312 e. The minimum absolute atomic E-state index is 0.250. The molecule has 0 fully saturated rings. The largest absolute Gasteiger partial charge is 0.312 e. The molecule has 0 spiro atoms. The van der Waals surface area contributed by atoms with Crippen LogP contribution in [0.2, 0.25) is 0 Å². The predicted octanol–water partition coefficient (Wildman–Crippen LogP) is 4.01. The van der Waals surface area contributed by atoms with Crippen LogP contribution in [0.1, 0.15) is 50.3 Å². The summed E-state index contributed by atoms with van der Waals surface area (Å²) in [4.78, 5) is 0. The van der Waals surface area contributed by atoms with Crippen molar-refractivity contribution in [1.29, 1.82) is 0 Å². The van der Waals surface area contributed by atoms with Gasteiger partial charge in [-0.05, 0) is 77.1 Å². The third-order valence-electron chi connectivity index (χ3n) is 3.12. The van der Waals surface area contributed by atoms with Crippen LogP contribution in [0.3, 0.4) is 0 Å². The van der Waals surface area contributed by atoms with Gasteiger partial charge in [0, 0.05) is 5.54 Å². The van der Waals surface area contributed by atoms with Crippen LogP contribution >= 0.6 is 0 Å². The first kappa shape index (κ1) is 14.2. The smallest absolute Gasteiger partial charge is 0.00965 e. The number of nitrogens with one attached hydrogen (secondary N) is 1. The van der Waals surface area contributed by atoms with Gasteiger partial charge in [0.2, 0.25) is 0 Å². The van der Waals surface area contributed by atoms with E-state index in [9.17, 15) is 0 Å². The second-order valence-corrected chi connectivity index (χ2v) is 6.05. The average Bonchev–Trinajstić information content (AvgIpc) is 2.21. The number of rotatable bonds is 5. The Balaban J connectivity index is 2.25. The van der Waals surface area contributed by atoms with Crippen molar-refractivity contribution in [3.63, 3.8) is 0 Å². The fourth-order valence-electron chi connectivity index (χ4n) is 1.88. The van der Waals surface area contributed by atoms with Gasteiger partial charge in [-0.15, -0.1) is 0 Å². The molecule has 0 bridgehead atoms. The molecule has 0 heterocycles. The standard InChI is InChI=1S/C16H27N/c1-13-9-10-15(12-14(13)2)8-6-7-11-17-16(3,4)5/h9-10,12,17H,6-8,11H2,1-5H3. The maximum atomic E-state index is 3.53. The molecule has 96 valence electrons. The molecule has 0 amide bonds. The zero-order valence-corrected chi connectivity index (χ0v) is 12.1. The van der Waals surface area contributed by atoms with E-state index in [0.29, 0.717) is 0 Å². The topological polar surface area (TPSA) is 12.0 Å². The molecule has 0 radical (unpaired) electrons. The Bertz CT molecular complexity index is 347. The van der Waals surface area contributed by atoms with Crippen molar-refractivity contribution in [1.82, 2.24) is 5.32 Å². The average molecular weight is 233 g/mol. The lowest BCUT2D eigenvalue weighted by Gasteiger charge is -2.20. The molecule has 0 aliphatic heterocycles. The maximum absolute atomic E-state index is 3.53. The van der Waals surface area contributed by atoms with Crippen molar-refractivity contribution in [3.8, 4) is 0 Å². The van der Waals surface area contributed by atoms with Gasteiger partial charge >= 0.3 is 0 Å². The summed E-state index contributed by atoms with van der Waals surface area (Å²) < 4.78 is 0. The van der Waals surface area contributed by atoms with Gasteiger partial charge in [0.05, 0.1) is 0 Å². The highest BCUT2D eigenvalue weighted by Gasteiger charge is 2.06. The third kappa shape index (κ3) is 5.88. The van der Waals surface area contributed by atoms with Gasteiger partial charge in [-0.2, -0.15) is 0 Å². The van der Waals surface area contributed by atoms with Crippen molar-refractivity contribution >= 4 is 0 Å². The lowest BCUT2D eigenvalue weighted by molar-refractivity contribution is 0.419. The second-order valence-electron chi connectivity index (χ2n) is 6.05. The molecule has 1 N–H and O–H groups in total. The summed E-state index contributed by atoms with van der Waals surface area (Å²) in [5.74, 6) is 0. The van der Waals surface area contributed by atoms with Gasteiger partial charge in [0.15, 0.2) is 0 Å². The summed E-state index contributed by atoms with van der Waals surface area (Å²) in [6, 6.07) is 6.82. The quantitative estimate of drug-likeness (QED) is 0.758. The van der Waals surface area contributed by atoms with E-state index in [1.807, 2.05) is 0 Å². The first-order valence-electron chi connectivity index (χ1n) is 6.70. The van der Waals surface area contributed by atoms with Gasteiger partial charge in [0.25, 0.3) is 0 Å². The van der Waals surface area contributed by atoms with Crippen LogP contribution in [0.5, 0.6) is 0 Å². The normalized spacial score (nSPS) is 11.8. The van der Waals surface area contributed by atoms with Crippen molar-refractivity contribution in [2.75, 3.05) is 6.54 Å². The molecular formula is C16H27N. The highest BCUT2D eigenvalue weighted by molar-refractivity contribution is 5.29. The third-order valence-corrected chi connectivity index (χ3v) is 3.12. The van der Waals surface area contributed by atoms with Gasteiger partial charge in [-0.3, -0.25) is 0 Å². The summed E-state index contributed by atoms with van der Waals surface area (Å²) in [6.45, 7) is 12.1. The lowest BCUT2D eigenvalue weighted by Crippen LogP contribution is -2.36. The van der Waals surface area contributed by atoms with Crippen molar-refractivity contribution in [2.24, 2.45) is 0 Å². The number of aryl methyl sites for hydroxylation is 3. The highest BCUT2D eigenvalue weighted by Crippen LogP contribution is 2.12. The highest BCUT2D eigenvalue weighted by atomic mass is 14.9. The summed E-state index contributed by atoms with van der Waals surface area (Å²) in [6.07, 6.45) is 3.72. The van der Waals surface area contributed by atoms with Crippen molar-refractivity contribution in [3.05, 3.63) is 34.9 Å². The van der Waals surface area contributed by atoms with Crippen LogP contribution in [0.15, 0.2) is 18.2 Å². The Kier molecular flexibility index (Phi) is 5.20. The molecular weight excluding hydrogens is 206 g/mol. The van der Waals surface area contributed by atoms with E-state index in [2.05, 4.69) is 58.1 Å². The molecule has 0 aromatic heterocycles. The van der Waals surface area contributed by atoms with Crippen LogP contribution in [-0.2, 0) is 6.42 Å². The molecule has 0 saturated heterocycles. The molecule has 0 aliphatic carbocycles. The number of unbranched alkanes of at least 4 members (excludes halogenated alkanes) is 1. The SMILES string of the molecule is Cc1ccc(CCCCNC(C)(C)C)cc1C. The zero-order chi connectivity index (χ0) is 12.9. The molecule has 0 aliphatic rings. The number of hydrogen-bond acceptors (Lipinski definition) is 1. The Morgan fingerprint density at radius 2 is 1.71 bits per heavy atom. The van der Waals surface area contributed by atoms with E-state index < -0.39 is 0 Å². The van der Waals surface area contributed by atoms with Crippen LogP contribution < -0.4 is 5.32 Å². The second kappa shape index (κ2) is 6.20. The van der Waals surface area contributed by atoms with E-state index in [1.165, 1.54) is 36.0 Å². The van der Waals surface area contributed by atoms with Crippen LogP contribution in [0.4, 0.5) is 0 Å². The Labute approximate surface area is 107 Å². The summed E-state index contributed by atoms with van der Waals surface area (Å²) in [5.41, 5.74) is 4.53. The molecule has 17 heavy (non-hydrogen) atoms. The summed E-state index contributed by atoms with van der Waals surface area (Å²) in [7, 11) is 0. The monoisotopic (exact) mass is 233 g/mol. The van der Waals surface area contributed by atoms with Gasteiger partial charge in [0.1, 0.15) is 0 Å². The predicted molar refractivity (Wildman–Crippen MR) is 76.6 cm³/mol. The molecule has 1 heteroatoms. The van der Waals surface area contributed by atoms with Gasteiger partial charge < -0.3 is 5.32 Å². The zero-order valence-electron chi connectivity index (χ0n) is 12.1. The number of benzene rings is 1. The molecule has 0 unspecified atom stereocenters. The van der Waals surface area contributed by atoms with E-state index in [0.717, 1.165) is 6.54 Å². The van der Waals surface area contributed by atoms with Crippen LogP contribution in [0.25, 0.3) is 0 Å². The van der Waals surface area contributed by atoms with Crippen molar-refractivity contribution < 1.29 is 0 Å². The van der Waals surface area contributed by atoms with E-state index in [-0.39, 0.29) is 5.54 Å². The van der Waals surface area contributed by atoms with Crippen LogP contribution in [0, 0.1) is 13.8 Å². The van der Waals surface area contributed by atoms with E-state index in [1.54, 1.807) is 0 Å². The summed E-state index contributed by atoms with van der Waals surface area (Å²) in [5, 5.41) is 3.53. The molecule has 0 atom stereocenters. The van der Waals surface area contributed by atoms with Crippen LogP contribution in [-0.4, -0.2) is 12.1 Å². The first-order valence-corrected chi connectivity index (χ1v) is 6.70. The molecule has 0 saturated carbocycles. The fraction of sp³-hybridized carbons (Fsp3) is 0.625. The number of hydrogen-bond donors (Lipinski definition) is 1. The van der Waals surface area contributed by atoms with E-state index >= 15 is 0 Å². The Morgan fingerprint density at radius 3 is 2.29 bits per heavy atom. The molecule has 1 aromatic rings. The van der Waals surface area contributed by atoms with E-state index in [4.69, 9.17) is 0 Å². The Hall–Kier alpha value is -0.820. The molecule has 1 aromatic carbocycles. The lowest BCUT2D eigenvalue weighted by atomic mass is 10.0. The minimum atomic E-state index is 0.250. The van der Waals surface area contributed by atoms with Gasteiger partial charge in [-0.25, -0.2) is 0 Å². The summed E-state index contributed by atoms with van der Waals surface area (Å²) >= 11 is 0. The van der Waals surface area contributed by atoms with Gasteiger partial charge in [-0.1, -0.05) is 18.2 Å². The van der Waals surface area contributed by atoms with Crippen molar-refractivity contribution in [2.45, 2.75) is 59.4 Å². The fourth-order valence-corrected chi connectivity index (χ4v) is 1.88. The maximum Gasteiger partial charge on any atom is 0.00965 e.